The molecule has 0 atom stereocenters. The molecule has 7 N–H and O–H groups in total. The number of carbonyl (C=O) groups is 2. The van der Waals surface area contributed by atoms with Crippen LogP contribution >= 0.6 is 0 Å². The molecular formula is C37H39N11O3. The Labute approximate surface area is 294 Å². The van der Waals surface area contributed by atoms with Gasteiger partial charge in [-0.25, -0.2) is 0 Å². The van der Waals surface area contributed by atoms with Crippen molar-refractivity contribution in [2.75, 3.05) is 25.4 Å². The highest BCUT2D eigenvalue weighted by molar-refractivity contribution is 6.00. The minimum atomic E-state index is -0.168. The van der Waals surface area contributed by atoms with Crippen molar-refractivity contribution in [2.45, 2.75) is 32.2 Å². The third-order valence-corrected chi connectivity index (χ3v) is 8.39. The van der Waals surface area contributed by atoms with Gasteiger partial charge in [0, 0.05) is 36.8 Å². The number of amidine groups is 2. The summed E-state index contributed by atoms with van der Waals surface area (Å²) in [6.07, 6.45) is 6.44. The molecule has 0 radical (unpaired) electrons. The minimum Gasteiger partial charge on any atom is -0.457 e. The van der Waals surface area contributed by atoms with Crippen LogP contribution in [0.25, 0.3) is 22.2 Å². The molecule has 0 spiro atoms. The highest BCUT2D eigenvalue weighted by Gasteiger charge is 2.27. The van der Waals surface area contributed by atoms with Crippen LogP contribution in [0.3, 0.4) is 0 Å². The lowest BCUT2D eigenvalue weighted by molar-refractivity contribution is -0.127. The molecule has 1 aliphatic rings. The molecule has 5 aromatic rings. The zero-order valence-electron chi connectivity index (χ0n) is 28.1. The summed E-state index contributed by atoms with van der Waals surface area (Å²) in [4.78, 5) is 27.2. The summed E-state index contributed by atoms with van der Waals surface area (Å²) in [7, 11) is 0. The van der Waals surface area contributed by atoms with E-state index in [9.17, 15) is 9.59 Å². The van der Waals surface area contributed by atoms with Gasteiger partial charge in [-0.1, -0.05) is 48.5 Å². The van der Waals surface area contributed by atoms with Gasteiger partial charge < -0.3 is 32.2 Å². The predicted octanol–water partition coefficient (Wildman–Crippen LogP) is 3.94. The highest BCUT2D eigenvalue weighted by atomic mass is 16.5. The van der Waals surface area contributed by atoms with Crippen molar-refractivity contribution in [3.05, 3.63) is 108 Å². The summed E-state index contributed by atoms with van der Waals surface area (Å²) >= 11 is 0. The number of nitrogen functional groups attached to an aromatic ring is 1. The molecule has 2 amide bonds. The largest absolute Gasteiger partial charge is 0.457 e. The fourth-order valence-electron chi connectivity index (χ4n) is 5.81. The van der Waals surface area contributed by atoms with Gasteiger partial charge in [-0.2, -0.15) is 10.2 Å². The number of anilines is 1. The van der Waals surface area contributed by atoms with Crippen LogP contribution in [0.1, 0.15) is 36.9 Å². The summed E-state index contributed by atoms with van der Waals surface area (Å²) < 4.78 is 7.92. The normalized spacial score (nSPS) is 14.3. The van der Waals surface area contributed by atoms with Gasteiger partial charge in [0.1, 0.15) is 23.0 Å². The number of aromatic nitrogens is 4. The second-order valence-corrected chi connectivity index (χ2v) is 12.1. The van der Waals surface area contributed by atoms with E-state index < -0.39 is 0 Å². The molecule has 0 saturated carbocycles. The molecule has 6 rings (SSSR count). The van der Waals surface area contributed by atoms with Gasteiger partial charge in [0.15, 0.2) is 11.7 Å². The summed E-state index contributed by atoms with van der Waals surface area (Å²) in [6.45, 7) is 2.96. The van der Waals surface area contributed by atoms with E-state index in [1.807, 2.05) is 59.3 Å². The Morgan fingerprint density at radius 1 is 0.961 bits per heavy atom. The first-order chi connectivity index (χ1) is 24.7. The Balaban J connectivity index is 1.01. The lowest BCUT2D eigenvalue weighted by Crippen LogP contribution is -2.38. The topological polar surface area (TPSA) is 205 Å². The van der Waals surface area contributed by atoms with Crippen molar-refractivity contribution < 1.29 is 14.3 Å². The van der Waals surface area contributed by atoms with Crippen LogP contribution < -0.4 is 27.3 Å². The van der Waals surface area contributed by atoms with Crippen LogP contribution in [-0.4, -0.2) is 68.0 Å². The molecule has 3 heterocycles. The van der Waals surface area contributed by atoms with Crippen LogP contribution in [0, 0.1) is 0 Å². The molecule has 0 unspecified atom stereocenters. The Morgan fingerprint density at radius 2 is 1.67 bits per heavy atom. The molecule has 0 bridgehead atoms. The Kier molecular flexibility index (Phi) is 10.6. The molecule has 1 aliphatic heterocycles. The van der Waals surface area contributed by atoms with Crippen LogP contribution in [0.4, 0.5) is 5.82 Å². The van der Waals surface area contributed by atoms with Crippen molar-refractivity contribution in [1.29, 1.82) is 0 Å². The lowest BCUT2D eigenvalue weighted by Gasteiger charge is -2.31. The maximum Gasteiger partial charge on any atom is 0.246 e. The minimum absolute atomic E-state index is 0.0410. The third kappa shape index (κ3) is 8.54. The quantitative estimate of drug-likeness (QED) is 0.0687. The second kappa shape index (κ2) is 15.8. The van der Waals surface area contributed by atoms with E-state index in [-0.39, 0.29) is 36.7 Å². The molecule has 3 aromatic carbocycles. The molecule has 14 heteroatoms. The van der Waals surface area contributed by atoms with E-state index in [1.165, 1.54) is 6.08 Å². The van der Waals surface area contributed by atoms with Gasteiger partial charge in [0.05, 0.1) is 29.6 Å². The van der Waals surface area contributed by atoms with E-state index in [4.69, 9.17) is 27.0 Å². The number of amides is 2. The fourth-order valence-corrected chi connectivity index (χ4v) is 5.81. The Morgan fingerprint density at radius 3 is 2.37 bits per heavy atom. The van der Waals surface area contributed by atoms with Gasteiger partial charge in [0.2, 0.25) is 11.8 Å². The number of nitrogens with two attached hydrogens (primary N) is 3. The Hall–Kier alpha value is -6.57. The number of nitrogens with zero attached hydrogens (tertiary/aromatic N) is 7. The zero-order valence-corrected chi connectivity index (χ0v) is 28.1. The lowest BCUT2D eigenvalue weighted by atomic mass is 10.0. The SMILES string of the molecule is C/C(N)=N/N=C(\N)c1ccc(CC(=O)NC/C=C/C(=O)N2CCC(n3nc(-c4ccc(Oc5ccccc5)cc4)c4c(N)nncc43)CC2)cc1. The molecule has 0 aliphatic carbocycles. The van der Waals surface area contributed by atoms with Crippen LogP contribution in [-0.2, 0) is 16.0 Å². The number of ether oxygens (including phenoxy) is 1. The van der Waals surface area contributed by atoms with Gasteiger partial charge >= 0.3 is 0 Å². The average molecular weight is 686 g/mol. The number of fused-ring (bicyclic) bond motifs is 1. The number of carbonyl (C=O) groups excluding carboxylic acids is 2. The molecule has 260 valence electrons. The number of likely N-dealkylation sites (tertiary alicyclic amines) is 1. The number of piperidine rings is 1. The van der Waals surface area contributed by atoms with Gasteiger partial charge in [-0.3, -0.25) is 14.3 Å². The van der Waals surface area contributed by atoms with Crippen molar-refractivity contribution in [1.82, 2.24) is 30.2 Å². The van der Waals surface area contributed by atoms with Gasteiger partial charge in [-0.15, -0.1) is 15.3 Å². The molecule has 2 aromatic heterocycles. The second-order valence-electron chi connectivity index (χ2n) is 12.1. The number of nitrogens with one attached hydrogen (secondary N) is 1. The average Bonchev–Trinajstić information content (AvgIpc) is 3.54. The van der Waals surface area contributed by atoms with E-state index in [0.29, 0.717) is 54.6 Å². The number of hydrogen-bond acceptors (Lipinski definition) is 9. The Bertz CT molecular complexity index is 2080. The highest BCUT2D eigenvalue weighted by Crippen LogP contribution is 2.35. The molecule has 1 saturated heterocycles. The van der Waals surface area contributed by atoms with E-state index in [1.54, 1.807) is 48.4 Å². The first kappa shape index (κ1) is 34.3. The van der Waals surface area contributed by atoms with Gasteiger partial charge in [-0.05, 0) is 61.7 Å². The standard InChI is InChI=1S/C37H39N11O3/c1-24(38)43-45-36(39)27-11-9-25(10-12-27)22-32(49)41-19-5-8-33(50)47-20-17-28(18-21-47)48-31-23-42-44-37(40)34(31)35(46-48)26-13-15-30(16-14-26)51-29-6-3-2-4-7-29/h2-16,23,28H,17-22H2,1H3,(H2,38,43)(H2,39,45)(H2,40,44)(H,41,49)/b8-5+. The number of rotatable bonds is 11. The summed E-state index contributed by atoms with van der Waals surface area (Å²) in [5.74, 6) is 2.03. The van der Waals surface area contributed by atoms with Crippen molar-refractivity contribution in [2.24, 2.45) is 21.7 Å². The van der Waals surface area contributed by atoms with E-state index in [0.717, 1.165) is 27.8 Å². The van der Waals surface area contributed by atoms with Crippen molar-refractivity contribution >= 4 is 40.2 Å². The first-order valence-electron chi connectivity index (χ1n) is 16.5. The van der Waals surface area contributed by atoms with Crippen LogP contribution in [0.2, 0.25) is 0 Å². The van der Waals surface area contributed by atoms with E-state index in [2.05, 4.69) is 25.7 Å². The summed E-state index contributed by atoms with van der Waals surface area (Å²) in [5.41, 5.74) is 21.6. The smallest absolute Gasteiger partial charge is 0.246 e. The number of hydrogen-bond donors (Lipinski definition) is 4. The van der Waals surface area contributed by atoms with Crippen LogP contribution in [0.5, 0.6) is 11.5 Å². The monoisotopic (exact) mass is 685 g/mol. The number of para-hydroxylation sites is 1. The van der Waals surface area contributed by atoms with Crippen molar-refractivity contribution in [3.8, 4) is 22.8 Å². The van der Waals surface area contributed by atoms with Crippen LogP contribution in [0.15, 0.2) is 107 Å². The molecule has 14 nitrogen and oxygen atoms in total. The molecular weight excluding hydrogens is 646 g/mol. The maximum absolute atomic E-state index is 13.0. The summed E-state index contributed by atoms with van der Waals surface area (Å²) in [5, 5.41) is 24.4. The fraction of sp³-hybridized carbons (Fsp3) is 0.216. The summed E-state index contributed by atoms with van der Waals surface area (Å²) in [6, 6.07) is 24.5. The first-order valence-corrected chi connectivity index (χ1v) is 16.5. The third-order valence-electron chi connectivity index (χ3n) is 8.39. The van der Waals surface area contributed by atoms with Crippen molar-refractivity contribution in [3.63, 3.8) is 0 Å². The molecule has 1 fully saturated rings. The zero-order chi connectivity index (χ0) is 35.7. The van der Waals surface area contributed by atoms with Gasteiger partial charge in [0.25, 0.3) is 0 Å². The van der Waals surface area contributed by atoms with E-state index >= 15 is 0 Å². The molecule has 51 heavy (non-hydrogen) atoms. The maximum atomic E-state index is 13.0. The predicted molar refractivity (Wildman–Crippen MR) is 197 cm³/mol. The number of benzene rings is 3.